The number of carbonyl (C=O) groups is 2. The number of esters is 1. The number of amides is 1. The number of para-hydroxylation sites is 1. The maximum atomic E-state index is 12.1. The number of rotatable bonds is 5. The van der Waals surface area contributed by atoms with Crippen LogP contribution in [0, 0.1) is 6.92 Å². The minimum absolute atomic E-state index is 0.129. The quantitative estimate of drug-likeness (QED) is 0.849. The SMILES string of the molecule is Cc1ccc(CC(=O)O[C@@H](C)C(=O)Nc2ccccc2Cl)cc1. The summed E-state index contributed by atoms with van der Waals surface area (Å²) >= 11 is 5.98. The predicted octanol–water partition coefficient (Wildman–Crippen LogP) is 3.76. The highest BCUT2D eigenvalue weighted by Crippen LogP contribution is 2.20. The van der Waals surface area contributed by atoms with Gasteiger partial charge in [-0.25, -0.2) is 0 Å². The van der Waals surface area contributed by atoms with Gasteiger partial charge in [0.1, 0.15) is 0 Å². The van der Waals surface area contributed by atoms with E-state index in [-0.39, 0.29) is 6.42 Å². The summed E-state index contributed by atoms with van der Waals surface area (Å²) in [5.74, 6) is -0.869. The Morgan fingerprint density at radius 2 is 1.78 bits per heavy atom. The smallest absolute Gasteiger partial charge is 0.311 e. The molecule has 120 valence electrons. The first-order valence-electron chi connectivity index (χ1n) is 7.26. The number of hydrogen-bond acceptors (Lipinski definition) is 3. The third kappa shape index (κ3) is 5.11. The van der Waals surface area contributed by atoms with Crippen molar-refractivity contribution in [1.29, 1.82) is 0 Å². The minimum atomic E-state index is -0.899. The molecule has 2 aromatic rings. The van der Waals surface area contributed by atoms with Gasteiger partial charge in [-0.3, -0.25) is 9.59 Å². The number of aryl methyl sites for hydroxylation is 1. The molecule has 1 N–H and O–H groups in total. The van der Waals surface area contributed by atoms with Crippen LogP contribution in [0.5, 0.6) is 0 Å². The Morgan fingerprint density at radius 1 is 1.13 bits per heavy atom. The van der Waals surface area contributed by atoms with Gasteiger partial charge in [-0.05, 0) is 31.5 Å². The zero-order valence-electron chi connectivity index (χ0n) is 13.0. The summed E-state index contributed by atoms with van der Waals surface area (Å²) in [7, 11) is 0. The molecule has 23 heavy (non-hydrogen) atoms. The number of benzene rings is 2. The Hall–Kier alpha value is -2.33. The van der Waals surface area contributed by atoms with Crippen molar-refractivity contribution in [3.63, 3.8) is 0 Å². The van der Waals surface area contributed by atoms with E-state index in [2.05, 4.69) is 5.32 Å². The summed E-state index contributed by atoms with van der Waals surface area (Å²) in [6.45, 7) is 3.50. The fourth-order valence-electron chi connectivity index (χ4n) is 1.96. The standard InChI is InChI=1S/C18H18ClNO3/c1-12-7-9-14(10-8-12)11-17(21)23-13(2)18(22)20-16-6-4-3-5-15(16)19/h3-10,13H,11H2,1-2H3,(H,20,22)/t13-/m0/s1. The third-order valence-corrected chi connectivity index (χ3v) is 3.61. The molecule has 2 rings (SSSR count). The van der Waals surface area contributed by atoms with Gasteiger partial charge in [0.05, 0.1) is 17.1 Å². The molecule has 0 aliphatic carbocycles. The van der Waals surface area contributed by atoms with Crippen LogP contribution >= 0.6 is 11.6 Å². The van der Waals surface area contributed by atoms with Gasteiger partial charge < -0.3 is 10.1 Å². The second-order valence-corrected chi connectivity index (χ2v) is 5.67. The Kier molecular flexibility index (Phi) is 5.77. The van der Waals surface area contributed by atoms with Gasteiger partial charge >= 0.3 is 5.97 Å². The Labute approximate surface area is 140 Å². The average molecular weight is 332 g/mol. The normalized spacial score (nSPS) is 11.6. The van der Waals surface area contributed by atoms with Crippen LogP contribution in [0.15, 0.2) is 48.5 Å². The highest BCUT2D eigenvalue weighted by Gasteiger charge is 2.18. The van der Waals surface area contributed by atoms with Crippen LogP contribution < -0.4 is 5.32 Å². The molecule has 0 fully saturated rings. The van der Waals surface area contributed by atoms with Crippen LogP contribution in [0.3, 0.4) is 0 Å². The first-order chi connectivity index (χ1) is 11.0. The van der Waals surface area contributed by atoms with Gasteiger partial charge in [-0.2, -0.15) is 0 Å². The number of ether oxygens (including phenoxy) is 1. The summed E-state index contributed by atoms with van der Waals surface area (Å²) in [4.78, 5) is 24.0. The molecule has 0 spiro atoms. The second kappa shape index (κ2) is 7.79. The third-order valence-electron chi connectivity index (χ3n) is 3.28. The molecule has 0 saturated carbocycles. The van der Waals surface area contributed by atoms with E-state index in [1.807, 2.05) is 31.2 Å². The average Bonchev–Trinajstić information content (AvgIpc) is 2.51. The molecule has 5 heteroatoms. The zero-order chi connectivity index (χ0) is 16.8. The number of halogens is 1. The minimum Gasteiger partial charge on any atom is -0.452 e. The van der Waals surface area contributed by atoms with Crippen molar-refractivity contribution in [2.45, 2.75) is 26.4 Å². The highest BCUT2D eigenvalue weighted by molar-refractivity contribution is 6.33. The summed E-state index contributed by atoms with van der Waals surface area (Å²) in [5, 5.41) is 3.07. The number of anilines is 1. The molecule has 0 saturated heterocycles. The van der Waals surface area contributed by atoms with E-state index in [4.69, 9.17) is 16.3 Å². The highest BCUT2D eigenvalue weighted by atomic mass is 35.5. The fourth-order valence-corrected chi connectivity index (χ4v) is 2.14. The van der Waals surface area contributed by atoms with E-state index in [1.165, 1.54) is 6.92 Å². The second-order valence-electron chi connectivity index (χ2n) is 5.26. The van der Waals surface area contributed by atoms with Gasteiger partial charge in [0.25, 0.3) is 5.91 Å². The van der Waals surface area contributed by atoms with Crippen molar-refractivity contribution in [2.75, 3.05) is 5.32 Å². The van der Waals surface area contributed by atoms with Gasteiger partial charge in [0, 0.05) is 0 Å². The number of hydrogen-bond donors (Lipinski definition) is 1. The van der Waals surface area contributed by atoms with E-state index < -0.39 is 18.0 Å². The number of nitrogens with one attached hydrogen (secondary N) is 1. The van der Waals surface area contributed by atoms with Crippen LogP contribution in [-0.4, -0.2) is 18.0 Å². The van der Waals surface area contributed by atoms with E-state index in [0.717, 1.165) is 11.1 Å². The van der Waals surface area contributed by atoms with E-state index in [1.54, 1.807) is 24.3 Å². The molecular formula is C18H18ClNO3. The maximum absolute atomic E-state index is 12.1. The van der Waals surface area contributed by atoms with Crippen LogP contribution in [-0.2, 0) is 20.7 Å². The molecule has 0 aliphatic heterocycles. The monoisotopic (exact) mass is 331 g/mol. The lowest BCUT2D eigenvalue weighted by atomic mass is 10.1. The van der Waals surface area contributed by atoms with Gasteiger partial charge in [0.15, 0.2) is 6.10 Å². The molecule has 1 amide bonds. The van der Waals surface area contributed by atoms with E-state index in [0.29, 0.717) is 10.7 Å². The molecule has 0 radical (unpaired) electrons. The summed E-state index contributed by atoms with van der Waals surface area (Å²) < 4.78 is 5.16. The maximum Gasteiger partial charge on any atom is 0.311 e. The Morgan fingerprint density at radius 3 is 2.43 bits per heavy atom. The predicted molar refractivity (Wildman–Crippen MR) is 90.5 cm³/mol. The van der Waals surface area contributed by atoms with E-state index >= 15 is 0 Å². The number of carbonyl (C=O) groups excluding carboxylic acids is 2. The fraction of sp³-hybridized carbons (Fsp3) is 0.222. The molecule has 0 heterocycles. The van der Waals surface area contributed by atoms with E-state index in [9.17, 15) is 9.59 Å². The lowest BCUT2D eigenvalue weighted by Crippen LogP contribution is -2.30. The largest absolute Gasteiger partial charge is 0.452 e. The van der Waals surface area contributed by atoms with Crippen molar-refractivity contribution in [2.24, 2.45) is 0 Å². The molecular weight excluding hydrogens is 314 g/mol. The van der Waals surface area contributed by atoms with Gasteiger partial charge in [0.2, 0.25) is 0 Å². The zero-order valence-corrected chi connectivity index (χ0v) is 13.8. The Balaban J connectivity index is 1.89. The molecule has 4 nitrogen and oxygen atoms in total. The molecule has 2 aromatic carbocycles. The van der Waals surface area contributed by atoms with Gasteiger partial charge in [-0.1, -0.05) is 53.6 Å². The van der Waals surface area contributed by atoms with Crippen LogP contribution in [0.2, 0.25) is 5.02 Å². The molecule has 0 bridgehead atoms. The van der Waals surface area contributed by atoms with Crippen molar-refractivity contribution >= 4 is 29.2 Å². The molecule has 0 aromatic heterocycles. The Bertz CT molecular complexity index is 698. The topological polar surface area (TPSA) is 55.4 Å². The first-order valence-corrected chi connectivity index (χ1v) is 7.64. The van der Waals surface area contributed by atoms with Crippen LogP contribution in [0.1, 0.15) is 18.1 Å². The summed E-state index contributed by atoms with van der Waals surface area (Å²) in [6.07, 6.45) is -0.770. The summed E-state index contributed by atoms with van der Waals surface area (Å²) in [5.41, 5.74) is 2.45. The van der Waals surface area contributed by atoms with Gasteiger partial charge in [-0.15, -0.1) is 0 Å². The first kappa shape index (κ1) is 17.0. The molecule has 0 aliphatic rings. The van der Waals surface area contributed by atoms with Crippen molar-refractivity contribution in [3.05, 3.63) is 64.7 Å². The van der Waals surface area contributed by atoms with Crippen molar-refractivity contribution < 1.29 is 14.3 Å². The van der Waals surface area contributed by atoms with Crippen LogP contribution in [0.4, 0.5) is 5.69 Å². The summed E-state index contributed by atoms with van der Waals surface area (Å²) in [6, 6.07) is 14.5. The van der Waals surface area contributed by atoms with Crippen LogP contribution in [0.25, 0.3) is 0 Å². The van der Waals surface area contributed by atoms with Crippen molar-refractivity contribution in [3.8, 4) is 0 Å². The molecule has 1 atom stereocenters. The lowest BCUT2D eigenvalue weighted by molar-refractivity contribution is -0.152. The van der Waals surface area contributed by atoms with Crippen molar-refractivity contribution in [1.82, 2.24) is 0 Å². The lowest BCUT2D eigenvalue weighted by Gasteiger charge is -2.14. The molecule has 0 unspecified atom stereocenters.